The van der Waals surface area contributed by atoms with Crippen molar-refractivity contribution < 1.29 is 22.7 Å². The molecule has 0 spiro atoms. The first-order chi connectivity index (χ1) is 16.6. The van der Waals surface area contributed by atoms with Crippen LogP contribution in [-0.2, 0) is 11.0 Å². The maximum Gasteiger partial charge on any atom is 0.416 e. The molecule has 0 atom stereocenters. The van der Waals surface area contributed by atoms with Crippen molar-refractivity contribution in [2.24, 2.45) is 10.8 Å². The maximum atomic E-state index is 13.3. The Kier molecular flexibility index (Phi) is 6.57. The monoisotopic (exact) mass is 500 g/mol. The number of para-hydroxylation sites is 1. The number of nitrogens with two attached hydrogens (primary N) is 1. The molecule has 11 heteroatoms. The fraction of sp³-hybridized carbons (Fsp3) is 0.0833. The highest BCUT2D eigenvalue weighted by atomic mass is 35.5. The van der Waals surface area contributed by atoms with Crippen LogP contribution in [0.4, 0.5) is 13.2 Å². The number of primary amides is 1. The SMILES string of the molecule is NC(=O)COc1ccc(Cl)cc1C=Nn1c(-c2cccc(C(F)(F)F)c2)nc2ccccc2c1=O. The summed E-state index contributed by atoms with van der Waals surface area (Å²) in [6.07, 6.45) is -3.36. The Hall–Kier alpha value is -4.18. The third-order valence-corrected chi connectivity index (χ3v) is 5.09. The summed E-state index contributed by atoms with van der Waals surface area (Å²) in [5.74, 6) is -0.596. The van der Waals surface area contributed by atoms with Gasteiger partial charge in [0.25, 0.3) is 11.5 Å². The fourth-order valence-corrected chi connectivity index (χ4v) is 3.45. The molecule has 0 saturated heterocycles. The lowest BCUT2D eigenvalue weighted by Crippen LogP contribution is -2.21. The van der Waals surface area contributed by atoms with E-state index in [-0.39, 0.29) is 22.5 Å². The van der Waals surface area contributed by atoms with Gasteiger partial charge in [-0.05, 0) is 42.5 Å². The van der Waals surface area contributed by atoms with Gasteiger partial charge >= 0.3 is 6.18 Å². The van der Waals surface area contributed by atoms with Gasteiger partial charge in [0.05, 0.1) is 22.7 Å². The first-order valence-electron chi connectivity index (χ1n) is 10.1. The zero-order chi connectivity index (χ0) is 25.2. The van der Waals surface area contributed by atoms with E-state index >= 15 is 0 Å². The van der Waals surface area contributed by atoms with Gasteiger partial charge in [-0.1, -0.05) is 35.9 Å². The lowest BCUT2D eigenvalue weighted by atomic mass is 10.1. The van der Waals surface area contributed by atoms with E-state index in [1.165, 1.54) is 42.6 Å². The van der Waals surface area contributed by atoms with Gasteiger partial charge in [-0.25, -0.2) is 4.98 Å². The van der Waals surface area contributed by atoms with Crippen LogP contribution in [0.15, 0.2) is 76.6 Å². The number of alkyl halides is 3. The standard InChI is InChI=1S/C24H16ClF3N4O3/c25-17-8-9-20(35-13-21(29)33)15(11-17)12-30-32-22(14-4-3-5-16(10-14)24(26,27)28)31-19-7-2-1-6-18(19)23(32)34/h1-12H,13H2,(H2,29,33). The molecule has 0 saturated carbocycles. The van der Waals surface area contributed by atoms with Crippen molar-refractivity contribution in [3.8, 4) is 17.1 Å². The van der Waals surface area contributed by atoms with Crippen molar-refractivity contribution in [1.29, 1.82) is 0 Å². The summed E-state index contributed by atoms with van der Waals surface area (Å²) in [5.41, 5.74) is 4.27. The number of fused-ring (bicyclic) bond motifs is 1. The maximum absolute atomic E-state index is 13.3. The second kappa shape index (κ2) is 9.59. The van der Waals surface area contributed by atoms with E-state index in [2.05, 4.69) is 10.1 Å². The molecule has 0 aliphatic heterocycles. The molecule has 1 amide bonds. The lowest BCUT2D eigenvalue weighted by Gasteiger charge is -2.12. The molecular weight excluding hydrogens is 485 g/mol. The topological polar surface area (TPSA) is 99.6 Å². The zero-order valence-electron chi connectivity index (χ0n) is 17.8. The van der Waals surface area contributed by atoms with Crippen LogP contribution in [0, 0.1) is 0 Å². The quantitative estimate of drug-likeness (QED) is 0.394. The number of carbonyl (C=O) groups excluding carboxylic acids is 1. The molecule has 0 radical (unpaired) electrons. The third kappa shape index (κ3) is 5.33. The molecule has 35 heavy (non-hydrogen) atoms. The Balaban J connectivity index is 1.90. The molecule has 1 aromatic heterocycles. The zero-order valence-corrected chi connectivity index (χ0v) is 18.5. The molecule has 1 heterocycles. The number of aromatic nitrogens is 2. The molecule has 0 aliphatic rings. The number of nitrogens with zero attached hydrogens (tertiary/aromatic N) is 3. The molecule has 4 aromatic rings. The van der Waals surface area contributed by atoms with Crippen LogP contribution in [0.2, 0.25) is 5.02 Å². The third-order valence-electron chi connectivity index (χ3n) is 4.86. The van der Waals surface area contributed by atoms with Gasteiger partial charge in [0.2, 0.25) is 0 Å². The van der Waals surface area contributed by atoms with Crippen LogP contribution < -0.4 is 16.0 Å². The summed E-state index contributed by atoms with van der Waals surface area (Å²) >= 11 is 6.06. The number of carbonyl (C=O) groups is 1. The summed E-state index contributed by atoms with van der Waals surface area (Å²) < 4.78 is 46.2. The van der Waals surface area contributed by atoms with Gasteiger partial charge in [0.1, 0.15) is 5.75 Å². The molecular formula is C24H16ClF3N4O3. The van der Waals surface area contributed by atoms with E-state index in [0.717, 1.165) is 16.8 Å². The summed E-state index contributed by atoms with van der Waals surface area (Å²) in [6.45, 7) is -0.407. The average Bonchev–Trinajstić information content (AvgIpc) is 2.82. The summed E-state index contributed by atoms with van der Waals surface area (Å²) in [7, 11) is 0. The van der Waals surface area contributed by atoms with E-state index < -0.39 is 29.8 Å². The predicted octanol–water partition coefficient (Wildman–Crippen LogP) is 4.48. The summed E-state index contributed by atoms with van der Waals surface area (Å²) in [6, 6.07) is 15.3. The van der Waals surface area contributed by atoms with Gasteiger partial charge in [0.15, 0.2) is 12.4 Å². The number of ether oxygens (including phenoxy) is 1. The van der Waals surface area contributed by atoms with Crippen molar-refractivity contribution in [3.05, 3.63) is 93.2 Å². The molecule has 0 unspecified atom stereocenters. The second-order valence-electron chi connectivity index (χ2n) is 7.33. The first-order valence-corrected chi connectivity index (χ1v) is 10.5. The Morgan fingerprint density at radius 2 is 1.89 bits per heavy atom. The van der Waals surface area contributed by atoms with Crippen LogP contribution in [0.1, 0.15) is 11.1 Å². The number of amides is 1. The minimum atomic E-state index is -4.59. The van der Waals surface area contributed by atoms with E-state index in [4.69, 9.17) is 22.1 Å². The van der Waals surface area contributed by atoms with E-state index in [1.807, 2.05) is 0 Å². The van der Waals surface area contributed by atoms with Gasteiger partial charge in [0, 0.05) is 16.1 Å². The highest BCUT2D eigenvalue weighted by Crippen LogP contribution is 2.32. The van der Waals surface area contributed by atoms with Crippen molar-refractivity contribution in [2.45, 2.75) is 6.18 Å². The smallest absolute Gasteiger partial charge is 0.416 e. The van der Waals surface area contributed by atoms with Gasteiger partial charge in [-0.15, -0.1) is 0 Å². The molecule has 4 rings (SSSR count). The Morgan fingerprint density at radius 3 is 2.63 bits per heavy atom. The van der Waals surface area contributed by atoms with Crippen molar-refractivity contribution in [2.75, 3.05) is 6.61 Å². The van der Waals surface area contributed by atoms with Crippen molar-refractivity contribution in [1.82, 2.24) is 9.66 Å². The van der Waals surface area contributed by atoms with Crippen LogP contribution in [0.5, 0.6) is 5.75 Å². The minimum absolute atomic E-state index is 0.0381. The first kappa shape index (κ1) is 24.0. The van der Waals surface area contributed by atoms with E-state index in [0.29, 0.717) is 16.1 Å². The number of rotatable bonds is 6. The summed E-state index contributed by atoms with van der Waals surface area (Å²) in [5, 5.41) is 4.74. The summed E-state index contributed by atoms with van der Waals surface area (Å²) in [4.78, 5) is 28.8. The van der Waals surface area contributed by atoms with Crippen LogP contribution in [-0.4, -0.2) is 28.4 Å². The molecule has 0 aliphatic carbocycles. The van der Waals surface area contributed by atoms with Gasteiger partial charge < -0.3 is 10.5 Å². The van der Waals surface area contributed by atoms with Crippen LogP contribution in [0.25, 0.3) is 22.3 Å². The molecule has 0 bridgehead atoms. The highest BCUT2D eigenvalue weighted by Gasteiger charge is 2.31. The van der Waals surface area contributed by atoms with Gasteiger partial charge in [-0.2, -0.15) is 22.9 Å². The normalized spacial score (nSPS) is 11.8. The number of hydrogen-bond donors (Lipinski definition) is 1. The minimum Gasteiger partial charge on any atom is -0.483 e. The van der Waals surface area contributed by atoms with Crippen LogP contribution >= 0.6 is 11.6 Å². The Morgan fingerprint density at radius 1 is 1.11 bits per heavy atom. The van der Waals surface area contributed by atoms with Crippen molar-refractivity contribution >= 4 is 34.6 Å². The largest absolute Gasteiger partial charge is 0.483 e. The lowest BCUT2D eigenvalue weighted by molar-refractivity contribution is -0.137. The van der Waals surface area contributed by atoms with E-state index in [9.17, 15) is 22.8 Å². The molecule has 3 aromatic carbocycles. The van der Waals surface area contributed by atoms with Gasteiger partial charge in [-0.3, -0.25) is 9.59 Å². The number of hydrogen-bond acceptors (Lipinski definition) is 5. The molecule has 178 valence electrons. The number of halogens is 4. The molecule has 2 N–H and O–H groups in total. The number of benzene rings is 3. The second-order valence-corrected chi connectivity index (χ2v) is 7.77. The highest BCUT2D eigenvalue weighted by molar-refractivity contribution is 6.30. The van der Waals surface area contributed by atoms with E-state index in [1.54, 1.807) is 18.2 Å². The average molecular weight is 501 g/mol. The predicted molar refractivity (Wildman–Crippen MR) is 126 cm³/mol. The van der Waals surface area contributed by atoms with Crippen molar-refractivity contribution in [3.63, 3.8) is 0 Å². The Bertz CT molecular complexity index is 1520. The molecule has 0 fully saturated rings. The Labute approximate surface area is 201 Å². The molecule has 7 nitrogen and oxygen atoms in total. The van der Waals surface area contributed by atoms with Crippen LogP contribution in [0.3, 0.4) is 0 Å². The fourth-order valence-electron chi connectivity index (χ4n) is 3.27.